The highest BCUT2D eigenvalue weighted by Gasteiger charge is 2.64. The molecule has 2 aliphatic carbocycles. The van der Waals surface area contributed by atoms with Gasteiger partial charge in [-0.2, -0.15) is 0 Å². The zero-order chi connectivity index (χ0) is 15.8. The van der Waals surface area contributed by atoms with E-state index < -0.39 is 0 Å². The first-order chi connectivity index (χ1) is 11.2. The molecule has 1 saturated heterocycles. The van der Waals surface area contributed by atoms with Crippen molar-refractivity contribution in [2.45, 2.75) is 36.5 Å². The van der Waals surface area contributed by atoms with Gasteiger partial charge < -0.3 is 19.1 Å². The quantitative estimate of drug-likeness (QED) is 0.783. The molecule has 3 unspecified atom stereocenters. The number of piperidine rings is 1. The standard InChI is InChI=1S/C19H23NO3/c1-20-9-8-19-12-5-7-15(22-3)18(19)23-17-14(21-2)6-4-11(16(17)19)10-13(12)20/h4-7,12-13,15,18H,8-10H2,1-3H3/t12?,13?,15-,18-,19?/m0/s1. The van der Waals surface area contributed by atoms with Crippen LogP contribution in [0.15, 0.2) is 24.3 Å². The largest absolute Gasteiger partial charge is 0.493 e. The van der Waals surface area contributed by atoms with Crippen molar-refractivity contribution in [2.24, 2.45) is 5.92 Å². The summed E-state index contributed by atoms with van der Waals surface area (Å²) in [5, 5.41) is 0. The summed E-state index contributed by atoms with van der Waals surface area (Å²) in [4.78, 5) is 2.52. The second-order valence-corrected chi connectivity index (χ2v) is 7.32. The van der Waals surface area contributed by atoms with Crippen LogP contribution in [0.2, 0.25) is 0 Å². The van der Waals surface area contributed by atoms with Crippen molar-refractivity contribution in [1.82, 2.24) is 4.90 Å². The van der Waals surface area contributed by atoms with E-state index in [0.29, 0.717) is 12.0 Å². The van der Waals surface area contributed by atoms with E-state index in [-0.39, 0.29) is 17.6 Å². The second-order valence-electron chi connectivity index (χ2n) is 7.32. The maximum Gasteiger partial charge on any atom is 0.165 e. The number of rotatable bonds is 2. The van der Waals surface area contributed by atoms with E-state index in [9.17, 15) is 0 Å². The molecule has 1 aromatic rings. The van der Waals surface area contributed by atoms with Gasteiger partial charge in [0.1, 0.15) is 12.2 Å². The Kier molecular flexibility index (Phi) is 2.73. The number of methoxy groups -OCH3 is 2. The first-order valence-corrected chi connectivity index (χ1v) is 8.49. The molecule has 4 nitrogen and oxygen atoms in total. The van der Waals surface area contributed by atoms with Crippen LogP contribution in [0.4, 0.5) is 0 Å². The third-order valence-corrected chi connectivity index (χ3v) is 6.61. The number of likely N-dealkylation sites (N-methyl/N-ethyl adjacent to an activating group) is 1. The van der Waals surface area contributed by atoms with Gasteiger partial charge >= 0.3 is 0 Å². The van der Waals surface area contributed by atoms with Crippen molar-refractivity contribution in [1.29, 1.82) is 0 Å². The number of hydrogen-bond donors (Lipinski definition) is 0. The van der Waals surface area contributed by atoms with E-state index in [4.69, 9.17) is 14.2 Å². The molecule has 23 heavy (non-hydrogen) atoms. The number of hydrogen-bond acceptors (Lipinski definition) is 4. The van der Waals surface area contributed by atoms with Gasteiger partial charge in [0.15, 0.2) is 11.5 Å². The molecule has 0 N–H and O–H groups in total. The Bertz CT molecular complexity index is 700. The van der Waals surface area contributed by atoms with Crippen molar-refractivity contribution in [3.8, 4) is 11.5 Å². The Balaban J connectivity index is 1.80. The van der Waals surface area contributed by atoms with Gasteiger partial charge in [0.2, 0.25) is 0 Å². The summed E-state index contributed by atoms with van der Waals surface area (Å²) in [6, 6.07) is 4.86. The molecule has 0 aromatic heterocycles. The molecule has 1 spiro atoms. The number of benzene rings is 1. The Morgan fingerprint density at radius 2 is 2.13 bits per heavy atom. The van der Waals surface area contributed by atoms with Gasteiger partial charge in [-0.1, -0.05) is 18.2 Å². The fourth-order valence-corrected chi connectivity index (χ4v) is 5.57. The molecule has 0 saturated carbocycles. The lowest BCUT2D eigenvalue weighted by atomic mass is 9.53. The molecule has 5 rings (SSSR count). The fourth-order valence-electron chi connectivity index (χ4n) is 5.57. The van der Waals surface area contributed by atoms with E-state index in [0.717, 1.165) is 30.9 Å². The van der Waals surface area contributed by atoms with E-state index in [1.807, 2.05) is 0 Å². The molecule has 5 atom stereocenters. The predicted octanol–water partition coefficient (Wildman–Crippen LogP) is 2.16. The lowest BCUT2D eigenvalue weighted by Crippen LogP contribution is -2.65. The molecule has 1 aromatic carbocycles. The SMILES string of the molecule is COc1ccc2c3c1O[C@H]1[C@@H](OC)C=CC4C(C2)N(C)CCC341. The van der Waals surface area contributed by atoms with E-state index in [2.05, 4.69) is 36.2 Å². The Morgan fingerprint density at radius 1 is 1.26 bits per heavy atom. The summed E-state index contributed by atoms with van der Waals surface area (Å²) in [6.07, 6.45) is 6.89. The predicted molar refractivity (Wildman–Crippen MR) is 87.3 cm³/mol. The van der Waals surface area contributed by atoms with Gasteiger partial charge in [0.25, 0.3) is 0 Å². The van der Waals surface area contributed by atoms with Gasteiger partial charge in [0.05, 0.1) is 7.11 Å². The van der Waals surface area contributed by atoms with E-state index in [1.165, 1.54) is 11.1 Å². The third kappa shape index (κ3) is 1.49. The molecule has 2 heterocycles. The van der Waals surface area contributed by atoms with Crippen LogP contribution in [-0.2, 0) is 16.6 Å². The summed E-state index contributed by atoms with van der Waals surface area (Å²) in [6.45, 7) is 1.11. The maximum absolute atomic E-state index is 6.52. The molecular weight excluding hydrogens is 290 g/mol. The number of ether oxygens (including phenoxy) is 3. The molecule has 1 fully saturated rings. The average Bonchev–Trinajstić information content (AvgIpc) is 2.92. The molecule has 2 bridgehead atoms. The average molecular weight is 313 g/mol. The third-order valence-electron chi connectivity index (χ3n) is 6.61. The van der Waals surface area contributed by atoms with Gasteiger partial charge in [-0.05, 0) is 38.1 Å². The molecule has 4 aliphatic rings. The van der Waals surface area contributed by atoms with Crippen LogP contribution in [0.25, 0.3) is 0 Å². The van der Waals surface area contributed by atoms with Crippen LogP contribution in [-0.4, -0.2) is 51.0 Å². The zero-order valence-corrected chi connectivity index (χ0v) is 13.9. The van der Waals surface area contributed by atoms with Crippen LogP contribution in [0.1, 0.15) is 17.5 Å². The molecule has 2 aliphatic heterocycles. The normalized spacial score (nSPS) is 39.8. The Hall–Kier alpha value is -1.52. The highest BCUT2D eigenvalue weighted by molar-refractivity contribution is 5.62. The lowest BCUT2D eigenvalue weighted by molar-refractivity contribution is -0.0581. The van der Waals surface area contributed by atoms with Crippen LogP contribution >= 0.6 is 0 Å². The summed E-state index contributed by atoms with van der Waals surface area (Å²) < 4.78 is 17.9. The monoisotopic (exact) mass is 313 g/mol. The zero-order valence-electron chi connectivity index (χ0n) is 13.9. The molecule has 0 radical (unpaired) electrons. The minimum Gasteiger partial charge on any atom is -0.493 e. The lowest BCUT2D eigenvalue weighted by Gasteiger charge is -2.56. The second kappa shape index (κ2) is 4.52. The molecule has 122 valence electrons. The Labute approximate surface area is 137 Å². The van der Waals surface area contributed by atoms with Crippen molar-refractivity contribution in [2.75, 3.05) is 27.8 Å². The van der Waals surface area contributed by atoms with Crippen LogP contribution in [0.3, 0.4) is 0 Å². The minimum absolute atomic E-state index is 0.0124. The van der Waals surface area contributed by atoms with Gasteiger partial charge in [-0.25, -0.2) is 0 Å². The summed E-state index contributed by atoms with van der Waals surface area (Å²) in [7, 11) is 5.77. The van der Waals surface area contributed by atoms with Crippen LogP contribution in [0.5, 0.6) is 11.5 Å². The van der Waals surface area contributed by atoms with Gasteiger partial charge in [-0.15, -0.1) is 0 Å². The molecular formula is C19H23NO3. The number of likely N-dealkylation sites (tertiary alicyclic amines) is 1. The van der Waals surface area contributed by atoms with Crippen molar-refractivity contribution in [3.63, 3.8) is 0 Å². The van der Waals surface area contributed by atoms with Gasteiger partial charge in [-0.3, -0.25) is 0 Å². The van der Waals surface area contributed by atoms with E-state index >= 15 is 0 Å². The summed E-state index contributed by atoms with van der Waals surface area (Å²) in [5.41, 5.74) is 2.88. The van der Waals surface area contributed by atoms with E-state index in [1.54, 1.807) is 14.2 Å². The number of nitrogens with zero attached hydrogens (tertiary/aromatic N) is 1. The van der Waals surface area contributed by atoms with Gasteiger partial charge in [0, 0.05) is 30.0 Å². The highest BCUT2D eigenvalue weighted by Crippen LogP contribution is 2.62. The van der Waals surface area contributed by atoms with Crippen molar-refractivity contribution in [3.05, 3.63) is 35.4 Å². The minimum atomic E-state index is 0.0124. The summed E-state index contributed by atoms with van der Waals surface area (Å²) >= 11 is 0. The topological polar surface area (TPSA) is 30.9 Å². The van der Waals surface area contributed by atoms with Crippen LogP contribution < -0.4 is 9.47 Å². The summed E-state index contributed by atoms with van der Waals surface area (Å²) in [5.74, 6) is 2.32. The first-order valence-electron chi connectivity index (χ1n) is 8.49. The highest BCUT2D eigenvalue weighted by atomic mass is 16.6. The Morgan fingerprint density at radius 3 is 2.91 bits per heavy atom. The smallest absolute Gasteiger partial charge is 0.165 e. The van der Waals surface area contributed by atoms with Crippen molar-refractivity contribution < 1.29 is 14.2 Å². The molecule has 0 amide bonds. The van der Waals surface area contributed by atoms with Crippen molar-refractivity contribution >= 4 is 0 Å². The fraction of sp³-hybridized carbons (Fsp3) is 0.579. The van der Waals surface area contributed by atoms with Crippen LogP contribution in [0, 0.1) is 5.92 Å². The molecule has 4 heteroatoms. The maximum atomic E-state index is 6.52. The first kappa shape index (κ1) is 13.9.